The van der Waals surface area contributed by atoms with Crippen LogP contribution in [-0.2, 0) is 14.8 Å². The lowest BCUT2D eigenvalue weighted by molar-refractivity contribution is -0.383. The van der Waals surface area contributed by atoms with Crippen molar-refractivity contribution in [1.82, 2.24) is 0 Å². The normalized spacial score (nSPS) is 11.1. The monoisotopic (exact) mass is 266 g/mol. The maximum Gasteiger partial charge on any atom is 0.345 e. The minimum absolute atomic E-state index is 0.429. The molecule has 0 aliphatic rings. The summed E-state index contributed by atoms with van der Waals surface area (Å²) in [5.74, 6) is -0.992. The van der Waals surface area contributed by atoms with E-state index in [2.05, 4.69) is 4.74 Å². The second-order valence-electron chi connectivity index (χ2n) is 2.58. The maximum atomic E-state index is 11.2. The number of nitrogens with two attached hydrogens (primary N) is 1. The molecular formula is C6H6N2O6S2. The Balaban J connectivity index is 3.56. The van der Waals surface area contributed by atoms with Gasteiger partial charge in [-0.2, -0.15) is 0 Å². The fraction of sp³-hybridized carbons (Fsp3) is 0.167. The zero-order valence-corrected chi connectivity index (χ0v) is 9.50. The minimum Gasteiger partial charge on any atom is -0.465 e. The third kappa shape index (κ3) is 2.18. The van der Waals surface area contributed by atoms with Crippen LogP contribution in [0, 0.1) is 10.1 Å². The fourth-order valence-corrected chi connectivity index (χ4v) is 3.07. The number of esters is 1. The van der Waals surface area contributed by atoms with Crippen molar-refractivity contribution in [3.63, 3.8) is 0 Å². The number of carbonyl (C=O) groups is 1. The molecule has 16 heavy (non-hydrogen) atoms. The van der Waals surface area contributed by atoms with E-state index in [1.165, 1.54) is 0 Å². The SMILES string of the molecule is COC(=O)c1csc([N+](=O)[O-])c1S(N)(=O)=O. The highest BCUT2D eigenvalue weighted by molar-refractivity contribution is 7.89. The van der Waals surface area contributed by atoms with Gasteiger partial charge in [-0.15, -0.1) is 0 Å². The van der Waals surface area contributed by atoms with Crippen LogP contribution in [0.2, 0.25) is 0 Å². The highest BCUT2D eigenvalue weighted by Gasteiger charge is 2.33. The number of carbonyl (C=O) groups excluding carboxylic acids is 1. The van der Waals surface area contributed by atoms with E-state index in [-0.39, 0.29) is 0 Å². The lowest BCUT2D eigenvalue weighted by Gasteiger charge is -1.99. The van der Waals surface area contributed by atoms with Gasteiger partial charge in [-0.1, -0.05) is 11.3 Å². The van der Waals surface area contributed by atoms with E-state index in [4.69, 9.17) is 5.14 Å². The second kappa shape index (κ2) is 4.15. The molecule has 2 N–H and O–H groups in total. The van der Waals surface area contributed by atoms with Crippen molar-refractivity contribution in [2.24, 2.45) is 5.14 Å². The van der Waals surface area contributed by atoms with Gasteiger partial charge in [0.15, 0.2) is 4.90 Å². The van der Waals surface area contributed by atoms with E-state index < -0.39 is 36.4 Å². The Hall–Kier alpha value is -1.52. The molecule has 1 rings (SSSR count). The highest BCUT2D eigenvalue weighted by Crippen LogP contribution is 2.33. The van der Waals surface area contributed by atoms with Crippen LogP contribution < -0.4 is 5.14 Å². The quantitative estimate of drug-likeness (QED) is 0.468. The lowest BCUT2D eigenvalue weighted by atomic mass is 10.3. The molecule has 1 aromatic heterocycles. The van der Waals surface area contributed by atoms with Crippen LogP contribution in [0.3, 0.4) is 0 Å². The smallest absolute Gasteiger partial charge is 0.345 e. The molecule has 0 saturated carbocycles. The molecule has 1 aromatic rings. The summed E-state index contributed by atoms with van der Waals surface area (Å²) in [5.41, 5.74) is -0.429. The van der Waals surface area contributed by atoms with Gasteiger partial charge in [-0.3, -0.25) is 10.1 Å². The molecule has 1 heterocycles. The molecule has 88 valence electrons. The average Bonchev–Trinajstić information content (AvgIpc) is 2.59. The van der Waals surface area contributed by atoms with Crippen LogP contribution in [0.15, 0.2) is 10.3 Å². The predicted molar refractivity (Wildman–Crippen MR) is 53.7 cm³/mol. The zero-order valence-electron chi connectivity index (χ0n) is 7.87. The number of hydrogen-bond donors (Lipinski definition) is 1. The molecule has 0 saturated heterocycles. The van der Waals surface area contributed by atoms with Gasteiger partial charge < -0.3 is 4.74 Å². The number of primary sulfonamides is 1. The summed E-state index contributed by atoms with van der Waals surface area (Å²) in [4.78, 5) is 20.0. The predicted octanol–water partition coefficient (Wildman–Crippen LogP) is 0.0903. The fourth-order valence-electron chi connectivity index (χ4n) is 0.989. The first-order valence-corrected chi connectivity index (χ1v) is 6.08. The number of rotatable bonds is 3. The van der Waals surface area contributed by atoms with E-state index in [0.717, 1.165) is 12.5 Å². The number of nitro groups is 1. The van der Waals surface area contributed by atoms with Gasteiger partial charge in [0.1, 0.15) is 0 Å². The number of sulfonamides is 1. The summed E-state index contributed by atoms with van der Waals surface area (Å²) >= 11 is 0.496. The Kier molecular flexibility index (Phi) is 3.26. The highest BCUT2D eigenvalue weighted by atomic mass is 32.2. The third-order valence-corrected chi connectivity index (χ3v) is 3.62. The summed E-state index contributed by atoms with van der Waals surface area (Å²) in [5, 5.41) is 15.6. The van der Waals surface area contributed by atoms with E-state index >= 15 is 0 Å². The summed E-state index contributed by atoms with van der Waals surface area (Å²) in [7, 11) is -3.33. The van der Waals surface area contributed by atoms with Gasteiger partial charge in [0.2, 0.25) is 10.0 Å². The van der Waals surface area contributed by atoms with Gasteiger partial charge >= 0.3 is 11.0 Å². The maximum absolute atomic E-state index is 11.2. The van der Waals surface area contributed by atoms with E-state index in [9.17, 15) is 23.3 Å². The Labute approximate surface area is 93.8 Å². The standard InChI is InChI=1S/C6H6N2O6S2/c1-14-6(9)3-2-15-5(8(10)11)4(3)16(7,12)13/h2H,1H3,(H2,7,12,13). The lowest BCUT2D eigenvalue weighted by Crippen LogP contribution is -2.17. The number of thiophene rings is 1. The van der Waals surface area contributed by atoms with Gasteiger partial charge in [-0.05, 0) is 0 Å². The van der Waals surface area contributed by atoms with Crippen molar-refractivity contribution in [2.75, 3.05) is 7.11 Å². The number of nitrogens with zero attached hydrogens (tertiary/aromatic N) is 1. The topological polar surface area (TPSA) is 130 Å². The van der Waals surface area contributed by atoms with Gasteiger partial charge in [0.25, 0.3) is 0 Å². The van der Waals surface area contributed by atoms with Gasteiger partial charge in [0.05, 0.1) is 17.6 Å². The molecule has 8 nitrogen and oxygen atoms in total. The van der Waals surface area contributed by atoms with Crippen LogP contribution in [-0.4, -0.2) is 26.4 Å². The summed E-state index contributed by atoms with van der Waals surface area (Å²) in [6.45, 7) is 0. The molecule has 0 aliphatic heterocycles. The van der Waals surface area contributed by atoms with Crippen molar-refractivity contribution < 1.29 is 22.9 Å². The van der Waals surface area contributed by atoms with Crippen molar-refractivity contribution in [1.29, 1.82) is 0 Å². The van der Waals surface area contributed by atoms with Crippen LogP contribution in [0.5, 0.6) is 0 Å². The number of ether oxygens (including phenoxy) is 1. The van der Waals surface area contributed by atoms with E-state index in [1.807, 2.05) is 0 Å². The zero-order chi connectivity index (χ0) is 12.5. The minimum atomic E-state index is -4.35. The summed E-state index contributed by atoms with van der Waals surface area (Å²) in [6.07, 6.45) is 0. The van der Waals surface area contributed by atoms with Crippen LogP contribution in [0.1, 0.15) is 10.4 Å². The van der Waals surface area contributed by atoms with Gasteiger partial charge in [-0.25, -0.2) is 18.4 Å². The van der Waals surface area contributed by atoms with Crippen molar-refractivity contribution >= 4 is 32.3 Å². The third-order valence-electron chi connectivity index (χ3n) is 1.58. The van der Waals surface area contributed by atoms with E-state index in [0.29, 0.717) is 11.3 Å². The first-order valence-electron chi connectivity index (χ1n) is 3.66. The first-order chi connectivity index (χ1) is 7.29. The molecule has 10 heteroatoms. The molecular weight excluding hydrogens is 260 g/mol. The summed E-state index contributed by atoms with van der Waals surface area (Å²) < 4.78 is 26.6. The summed E-state index contributed by atoms with van der Waals surface area (Å²) in [6, 6.07) is 0. The Bertz CT molecular complexity index is 545. The molecule has 0 aliphatic carbocycles. The Morgan fingerprint density at radius 3 is 2.56 bits per heavy atom. The van der Waals surface area contributed by atoms with Crippen LogP contribution in [0.25, 0.3) is 0 Å². The molecule has 0 spiro atoms. The average molecular weight is 266 g/mol. The molecule has 0 amide bonds. The first kappa shape index (κ1) is 12.5. The molecule has 0 unspecified atom stereocenters. The molecule has 0 aromatic carbocycles. The van der Waals surface area contributed by atoms with Crippen LogP contribution in [0.4, 0.5) is 5.00 Å². The molecule has 0 fully saturated rings. The Morgan fingerprint density at radius 1 is 1.62 bits per heavy atom. The molecule has 0 bridgehead atoms. The second-order valence-corrected chi connectivity index (χ2v) is 4.93. The van der Waals surface area contributed by atoms with E-state index in [1.54, 1.807) is 0 Å². The van der Waals surface area contributed by atoms with Gasteiger partial charge in [0, 0.05) is 5.38 Å². The van der Waals surface area contributed by atoms with Crippen molar-refractivity contribution in [2.45, 2.75) is 4.90 Å². The number of hydrogen-bond acceptors (Lipinski definition) is 7. The largest absolute Gasteiger partial charge is 0.465 e. The number of methoxy groups -OCH3 is 1. The molecule has 0 radical (unpaired) electrons. The van der Waals surface area contributed by atoms with Crippen molar-refractivity contribution in [3.05, 3.63) is 21.1 Å². The van der Waals surface area contributed by atoms with Crippen molar-refractivity contribution in [3.8, 4) is 0 Å². The van der Waals surface area contributed by atoms with Crippen LogP contribution >= 0.6 is 11.3 Å². The Morgan fingerprint density at radius 2 is 2.19 bits per heavy atom. The molecule has 0 atom stereocenters.